The lowest BCUT2D eigenvalue weighted by molar-refractivity contribution is -0.138. The minimum absolute atomic E-state index is 0.0130. The van der Waals surface area contributed by atoms with Crippen LogP contribution in [0.25, 0.3) is 0 Å². The van der Waals surface area contributed by atoms with Gasteiger partial charge in [0, 0.05) is 6.20 Å². The Bertz CT molecular complexity index is 974. The normalized spacial score (nSPS) is 15.2. The first-order chi connectivity index (χ1) is 14.6. The summed E-state index contributed by atoms with van der Waals surface area (Å²) in [5, 5.41) is 3.39. The van der Waals surface area contributed by atoms with Crippen LogP contribution in [0.1, 0.15) is 45.8 Å². The second-order valence-electron chi connectivity index (χ2n) is 7.06. The third-order valence-corrected chi connectivity index (χ3v) is 5.36. The summed E-state index contributed by atoms with van der Waals surface area (Å²) in [6.45, 7) is -0.221. The molecule has 3 N–H and O–H groups in total. The highest BCUT2D eigenvalue weighted by Gasteiger charge is 2.35. The number of carbonyl (C=O) groups excluding carboxylic acids is 1. The molecular weight excluding hydrogens is 534 g/mol. The third-order valence-electron chi connectivity index (χ3n) is 4.64. The molecule has 5 nitrogen and oxygen atoms in total. The van der Waals surface area contributed by atoms with E-state index in [1.165, 1.54) is 24.4 Å². The standard InChI is InChI=1S/C20H18F5IN4O/c21-15-8-28-9-16(22)18(15)19(31)29-17(26)5-6-30(27)10-13-4-3-12(11-1-2-11)7-14(13)20(23,24)25/h3-9,11,17H,1-2,10,27H2,(H,29,31)/b6-5-. The Morgan fingerprint density at radius 2 is 1.94 bits per heavy atom. The monoisotopic (exact) mass is 552 g/mol. The molecule has 0 saturated heterocycles. The molecule has 0 aliphatic heterocycles. The lowest BCUT2D eigenvalue weighted by Crippen LogP contribution is -2.32. The zero-order valence-electron chi connectivity index (χ0n) is 16.0. The fourth-order valence-corrected chi connectivity index (χ4v) is 3.44. The molecular formula is C20H18F5IN4O. The molecule has 1 saturated carbocycles. The number of alkyl halides is 4. The van der Waals surface area contributed by atoms with Gasteiger partial charge in [-0.1, -0.05) is 34.7 Å². The number of hydrazine groups is 1. The van der Waals surface area contributed by atoms with E-state index in [0.29, 0.717) is 18.0 Å². The van der Waals surface area contributed by atoms with Gasteiger partial charge in [0.25, 0.3) is 5.91 Å². The van der Waals surface area contributed by atoms with Gasteiger partial charge in [0.2, 0.25) is 0 Å². The second kappa shape index (κ2) is 9.47. The van der Waals surface area contributed by atoms with E-state index in [4.69, 9.17) is 5.84 Å². The molecule has 11 heteroatoms. The Morgan fingerprint density at radius 3 is 2.52 bits per heavy atom. The van der Waals surface area contributed by atoms with Gasteiger partial charge in [-0.15, -0.1) is 0 Å². The fraction of sp³-hybridized carbons (Fsp3) is 0.300. The van der Waals surface area contributed by atoms with Gasteiger partial charge in [-0.05, 0) is 42.0 Å². The van der Waals surface area contributed by atoms with Crippen LogP contribution in [0, 0.1) is 11.6 Å². The maximum Gasteiger partial charge on any atom is 0.416 e. The molecule has 0 radical (unpaired) electrons. The molecule has 0 spiro atoms. The Labute approximate surface area is 188 Å². The van der Waals surface area contributed by atoms with Gasteiger partial charge >= 0.3 is 6.18 Å². The largest absolute Gasteiger partial charge is 0.416 e. The minimum atomic E-state index is -4.51. The van der Waals surface area contributed by atoms with Crippen LogP contribution in [-0.2, 0) is 12.7 Å². The molecule has 0 bridgehead atoms. The molecule has 166 valence electrons. The zero-order chi connectivity index (χ0) is 22.8. The van der Waals surface area contributed by atoms with E-state index in [9.17, 15) is 26.7 Å². The smallest absolute Gasteiger partial charge is 0.337 e. The van der Waals surface area contributed by atoms with Crippen LogP contribution in [-0.4, -0.2) is 19.9 Å². The third kappa shape index (κ3) is 6.12. The van der Waals surface area contributed by atoms with Crippen LogP contribution in [0.15, 0.2) is 42.9 Å². The highest BCUT2D eigenvalue weighted by Crippen LogP contribution is 2.43. The molecule has 1 fully saturated rings. The lowest BCUT2D eigenvalue weighted by Gasteiger charge is -2.19. The average molecular weight is 552 g/mol. The molecule has 1 aromatic carbocycles. The molecule has 2 aromatic rings. The number of nitrogens with one attached hydrogen (secondary N) is 1. The summed E-state index contributed by atoms with van der Waals surface area (Å²) in [5.41, 5.74) is -0.830. The summed E-state index contributed by atoms with van der Waals surface area (Å²) < 4.78 is 66.9. The second-order valence-corrected chi connectivity index (χ2v) is 8.40. The minimum Gasteiger partial charge on any atom is -0.337 e. The van der Waals surface area contributed by atoms with Crippen molar-refractivity contribution in [2.24, 2.45) is 5.84 Å². The van der Waals surface area contributed by atoms with Crippen molar-refractivity contribution >= 4 is 28.5 Å². The SMILES string of the molecule is NN(/C=C\C(I)NC(=O)c1c(F)cncc1F)Cc1ccc(C2CC2)cc1C(F)(F)F. The summed E-state index contributed by atoms with van der Waals surface area (Å²) in [5.74, 6) is 2.76. The van der Waals surface area contributed by atoms with Crippen molar-refractivity contribution < 1.29 is 26.7 Å². The number of carbonyl (C=O) groups is 1. The molecule has 1 heterocycles. The van der Waals surface area contributed by atoms with E-state index in [2.05, 4.69) is 10.3 Å². The van der Waals surface area contributed by atoms with Crippen molar-refractivity contribution in [3.05, 3.63) is 76.8 Å². The van der Waals surface area contributed by atoms with Gasteiger partial charge in [0.05, 0.1) is 24.5 Å². The van der Waals surface area contributed by atoms with Gasteiger partial charge in [0.15, 0.2) is 11.6 Å². The van der Waals surface area contributed by atoms with Crippen molar-refractivity contribution in [2.75, 3.05) is 0 Å². The van der Waals surface area contributed by atoms with Crippen LogP contribution in [0.2, 0.25) is 0 Å². The first-order valence-corrected chi connectivity index (χ1v) is 10.4. The number of rotatable bonds is 7. The number of amides is 1. The van der Waals surface area contributed by atoms with E-state index >= 15 is 0 Å². The van der Waals surface area contributed by atoms with Gasteiger partial charge in [-0.3, -0.25) is 9.78 Å². The van der Waals surface area contributed by atoms with Crippen LogP contribution < -0.4 is 11.2 Å². The number of hydrogen-bond donors (Lipinski definition) is 2. The molecule has 3 rings (SSSR count). The Kier molecular flexibility index (Phi) is 7.14. The first-order valence-electron chi connectivity index (χ1n) is 9.20. The molecule has 1 amide bonds. The fourth-order valence-electron chi connectivity index (χ4n) is 2.98. The first kappa shape index (κ1) is 23.4. The van der Waals surface area contributed by atoms with E-state index in [0.717, 1.165) is 17.9 Å². The summed E-state index contributed by atoms with van der Waals surface area (Å²) in [4.78, 5) is 15.4. The number of halogens is 6. The topological polar surface area (TPSA) is 71.2 Å². The highest BCUT2D eigenvalue weighted by molar-refractivity contribution is 14.1. The van der Waals surface area contributed by atoms with Crippen molar-refractivity contribution in [1.29, 1.82) is 0 Å². The van der Waals surface area contributed by atoms with Crippen molar-refractivity contribution in [3.63, 3.8) is 0 Å². The molecule has 31 heavy (non-hydrogen) atoms. The predicted molar refractivity (Wildman–Crippen MR) is 112 cm³/mol. The number of benzene rings is 1. The summed E-state index contributed by atoms with van der Waals surface area (Å²) in [6, 6.07) is 4.27. The van der Waals surface area contributed by atoms with Crippen LogP contribution in [0.4, 0.5) is 22.0 Å². The highest BCUT2D eigenvalue weighted by atomic mass is 127. The molecule has 1 aliphatic rings. The van der Waals surface area contributed by atoms with Crippen molar-refractivity contribution in [3.8, 4) is 0 Å². The molecule has 1 aliphatic carbocycles. The molecule has 1 aromatic heterocycles. The maximum absolute atomic E-state index is 13.6. The van der Waals surface area contributed by atoms with Crippen LogP contribution >= 0.6 is 22.6 Å². The number of nitrogens with zero attached hydrogens (tertiary/aromatic N) is 2. The Balaban J connectivity index is 1.65. The Hall–Kier alpha value is -2.28. The average Bonchev–Trinajstić information content (AvgIpc) is 3.51. The number of hydrogen-bond acceptors (Lipinski definition) is 4. The van der Waals surface area contributed by atoms with Gasteiger partial charge < -0.3 is 10.3 Å². The summed E-state index contributed by atoms with van der Waals surface area (Å²) >= 11 is 1.77. The number of nitrogens with two attached hydrogens (primary N) is 1. The van der Waals surface area contributed by atoms with Gasteiger partial charge in [0.1, 0.15) is 9.61 Å². The van der Waals surface area contributed by atoms with E-state index in [1.54, 1.807) is 28.7 Å². The molecule has 1 atom stereocenters. The van der Waals surface area contributed by atoms with E-state index in [-0.39, 0.29) is 18.0 Å². The van der Waals surface area contributed by atoms with Gasteiger partial charge in [-0.25, -0.2) is 14.6 Å². The summed E-state index contributed by atoms with van der Waals surface area (Å²) in [7, 11) is 0. The Morgan fingerprint density at radius 1 is 1.29 bits per heavy atom. The number of aromatic nitrogens is 1. The van der Waals surface area contributed by atoms with Crippen molar-refractivity contribution in [1.82, 2.24) is 15.3 Å². The van der Waals surface area contributed by atoms with Crippen LogP contribution in [0.3, 0.4) is 0 Å². The van der Waals surface area contributed by atoms with Crippen molar-refractivity contribution in [2.45, 2.75) is 35.5 Å². The number of pyridine rings is 1. The predicted octanol–water partition coefficient (Wildman–Crippen LogP) is 4.64. The van der Waals surface area contributed by atoms with Crippen LogP contribution in [0.5, 0.6) is 0 Å². The quantitative estimate of drug-likeness (QED) is 0.131. The van der Waals surface area contributed by atoms with E-state index in [1.807, 2.05) is 0 Å². The van der Waals surface area contributed by atoms with Gasteiger partial charge in [-0.2, -0.15) is 13.2 Å². The maximum atomic E-state index is 13.6. The van der Waals surface area contributed by atoms with E-state index < -0.39 is 38.9 Å². The zero-order valence-corrected chi connectivity index (χ0v) is 18.1. The summed E-state index contributed by atoms with van der Waals surface area (Å²) in [6.07, 6.45) is 1.35. The lowest BCUT2D eigenvalue weighted by atomic mass is 10.0. The molecule has 1 unspecified atom stereocenters.